The molecule has 0 saturated heterocycles. The van der Waals surface area contributed by atoms with Crippen molar-refractivity contribution in [1.29, 1.82) is 0 Å². The van der Waals surface area contributed by atoms with E-state index in [1.165, 1.54) is 0 Å². The van der Waals surface area contributed by atoms with Crippen LogP contribution in [0, 0.1) is 0 Å². The van der Waals surface area contributed by atoms with Crippen LogP contribution < -0.4 is 0 Å². The van der Waals surface area contributed by atoms with Gasteiger partial charge in [0.05, 0.1) is 0 Å². The van der Waals surface area contributed by atoms with Crippen molar-refractivity contribution >= 4 is 17.7 Å². The van der Waals surface area contributed by atoms with Crippen LogP contribution in [0.1, 0.15) is 0 Å². The number of alkyl halides is 9. The highest BCUT2D eigenvalue weighted by Crippen LogP contribution is 2.28. The highest BCUT2D eigenvalue weighted by molar-refractivity contribution is 6.15. The predicted molar refractivity (Wildman–Crippen MR) is 35.0 cm³/mol. The Hall–Kier alpha value is -1.82. The van der Waals surface area contributed by atoms with Crippen LogP contribution in [-0.4, -0.2) is 41.2 Å². The molecule has 0 N–H and O–H groups in total. The largest absolute Gasteiger partial charge is 0.472 e. The molecule has 0 spiro atoms. The van der Waals surface area contributed by atoms with E-state index in [4.69, 9.17) is 0 Å². The summed E-state index contributed by atoms with van der Waals surface area (Å²) in [5.41, 5.74) is 0. The number of rotatable bonds is 0. The number of carbonyl (C=O) groups is 3. The van der Waals surface area contributed by atoms with Gasteiger partial charge < -0.3 is 0 Å². The van der Waals surface area contributed by atoms with Gasteiger partial charge in [0, 0.05) is 0 Å². The van der Waals surface area contributed by atoms with Crippen LogP contribution in [0.15, 0.2) is 0 Å². The summed E-state index contributed by atoms with van der Waals surface area (Å²) in [7, 11) is 0. The van der Waals surface area contributed by atoms with Gasteiger partial charge in [-0.1, -0.05) is 0 Å². The van der Waals surface area contributed by atoms with Crippen molar-refractivity contribution in [3.63, 3.8) is 0 Å². The molecule has 0 fully saturated rings. The van der Waals surface area contributed by atoms with Crippen molar-refractivity contribution in [3.8, 4) is 0 Å². The van der Waals surface area contributed by atoms with Crippen molar-refractivity contribution < 1.29 is 53.9 Å². The van der Waals surface area contributed by atoms with Gasteiger partial charge in [0.15, 0.2) is 0 Å². The third kappa shape index (κ3) is 4.10. The monoisotopic (exact) mass is 305 g/mol. The van der Waals surface area contributed by atoms with Gasteiger partial charge in [0.1, 0.15) is 0 Å². The molecule has 0 aliphatic heterocycles. The van der Waals surface area contributed by atoms with E-state index in [0.29, 0.717) is 0 Å². The average Bonchev–Trinajstić information content (AvgIpc) is 2.13. The van der Waals surface area contributed by atoms with Crippen molar-refractivity contribution in [2.45, 2.75) is 18.5 Å². The maximum Gasteiger partial charge on any atom is 0.472 e. The number of carbonyl (C=O) groups excluding carboxylic acids is 3. The SMILES string of the molecule is O=C(N(C(=O)C(F)(F)F)C(=O)C(F)(F)F)C(F)(F)F. The van der Waals surface area contributed by atoms with Gasteiger partial charge in [-0.2, -0.15) is 44.4 Å². The third-order valence-corrected chi connectivity index (χ3v) is 1.34. The van der Waals surface area contributed by atoms with Crippen LogP contribution in [0.3, 0.4) is 0 Å². The van der Waals surface area contributed by atoms with Crippen LogP contribution in [0.25, 0.3) is 0 Å². The van der Waals surface area contributed by atoms with E-state index >= 15 is 0 Å². The van der Waals surface area contributed by atoms with E-state index < -0.39 is 41.2 Å². The van der Waals surface area contributed by atoms with E-state index in [0.717, 1.165) is 0 Å². The summed E-state index contributed by atoms with van der Waals surface area (Å²) in [4.78, 5) is 28.4. The van der Waals surface area contributed by atoms with Crippen molar-refractivity contribution in [3.05, 3.63) is 0 Å². The molecule has 0 atom stereocenters. The summed E-state index contributed by atoms with van der Waals surface area (Å²) >= 11 is 0. The molecule has 0 aromatic rings. The van der Waals surface area contributed by atoms with Crippen molar-refractivity contribution in [2.24, 2.45) is 0 Å². The standard InChI is InChI=1S/C6F9NO3/c7-4(8,9)1(17)16(2(18)5(10,11)12)3(19)6(13,14)15. The first kappa shape index (κ1) is 17.2. The molecule has 19 heavy (non-hydrogen) atoms. The second-order valence-corrected chi connectivity index (χ2v) is 2.74. The van der Waals surface area contributed by atoms with E-state index in [2.05, 4.69) is 0 Å². The minimum atomic E-state index is -6.28. The van der Waals surface area contributed by atoms with Gasteiger partial charge in [-0.3, -0.25) is 14.4 Å². The Balaban J connectivity index is 5.74. The quantitative estimate of drug-likeness (QED) is 0.638. The van der Waals surface area contributed by atoms with Crippen LogP contribution in [-0.2, 0) is 14.4 Å². The molecule has 0 aliphatic carbocycles. The number of hydrogen-bond donors (Lipinski definition) is 0. The summed E-state index contributed by atoms with van der Waals surface area (Å²) in [5.74, 6) is -11.7. The molecule has 0 saturated carbocycles. The molecule has 4 nitrogen and oxygen atoms in total. The topological polar surface area (TPSA) is 54.5 Å². The Morgan fingerprint density at radius 2 is 0.684 bits per heavy atom. The lowest BCUT2D eigenvalue weighted by atomic mass is 10.3. The van der Waals surface area contributed by atoms with Gasteiger partial charge in [-0.15, -0.1) is 0 Å². The highest BCUT2D eigenvalue weighted by atomic mass is 19.4. The molecular weight excluding hydrogens is 305 g/mol. The van der Waals surface area contributed by atoms with Crippen molar-refractivity contribution in [2.75, 3.05) is 0 Å². The van der Waals surface area contributed by atoms with Crippen molar-refractivity contribution in [1.82, 2.24) is 4.90 Å². The Labute approximate surface area is 96.3 Å². The summed E-state index contributed by atoms with van der Waals surface area (Å²) in [6, 6.07) is 0. The first-order chi connectivity index (χ1) is 8.10. The minimum absolute atomic E-state index is 2.54. The normalized spacial score (nSPS) is 13.1. The first-order valence-corrected chi connectivity index (χ1v) is 3.73. The molecule has 0 radical (unpaired) electrons. The van der Waals surface area contributed by atoms with E-state index in [1.54, 1.807) is 0 Å². The maximum absolute atomic E-state index is 11.8. The van der Waals surface area contributed by atoms with E-state index in [-0.39, 0.29) is 0 Å². The van der Waals surface area contributed by atoms with E-state index in [1.807, 2.05) is 0 Å². The average molecular weight is 305 g/mol. The third-order valence-electron chi connectivity index (χ3n) is 1.34. The zero-order valence-corrected chi connectivity index (χ0v) is 8.07. The zero-order chi connectivity index (χ0) is 15.8. The van der Waals surface area contributed by atoms with Gasteiger partial charge >= 0.3 is 36.3 Å². The molecule has 13 heteroatoms. The fraction of sp³-hybridized carbons (Fsp3) is 0.500. The number of amides is 3. The molecule has 0 aromatic heterocycles. The lowest BCUT2D eigenvalue weighted by Crippen LogP contribution is -2.56. The molecule has 0 aliphatic rings. The summed E-state index contributed by atoms with van der Waals surface area (Å²) in [6.07, 6.45) is -18.8. The highest BCUT2D eigenvalue weighted by Gasteiger charge is 2.59. The zero-order valence-electron chi connectivity index (χ0n) is 8.07. The number of nitrogens with zero attached hydrogens (tertiary/aromatic N) is 1. The molecule has 3 amide bonds. The van der Waals surface area contributed by atoms with Gasteiger partial charge in [-0.05, 0) is 0 Å². The maximum atomic E-state index is 11.8. The second-order valence-electron chi connectivity index (χ2n) is 2.74. The van der Waals surface area contributed by atoms with Crippen LogP contribution in [0.2, 0.25) is 0 Å². The van der Waals surface area contributed by atoms with Gasteiger partial charge in [-0.25, -0.2) is 0 Å². The lowest BCUT2D eigenvalue weighted by molar-refractivity contribution is -0.217. The number of hydrogen-bond acceptors (Lipinski definition) is 3. The second kappa shape index (κ2) is 4.70. The van der Waals surface area contributed by atoms with Crippen LogP contribution in [0.4, 0.5) is 39.5 Å². The molecule has 110 valence electrons. The molecular formula is C6F9NO3. The van der Waals surface area contributed by atoms with E-state index in [9.17, 15) is 53.9 Å². The molecule has 0 aromatic carbocycles. The fourth-order valence-corrected chi connectivity index (χ4v) is 0.657. The lowest BCUT2D eigenvalue weighted by Gasteiger charge is -2.21. The molecule has 0 bridgehead atoms. The smallest absolute Gasteiger partial charge is 0.263 e. The Morgan fingerprint density at radius 1 is 0.526 bits per heavy atom. The van der Waals surface area contributed by atoms with Crippen LogP contribution in [0.5, 0.6) is 0 Å². The molecule has 0 heterocycles. The fourth-order valence-electron chi connectivity index (χ4n) is 0.657. The Bertz CT molecular complexity index is 342. The minimum Gasteiger partial charge on any atom is -0.263 e. The Morgan fingerprint density at radius 3 is 0.789 bits per heavy atom. The number of halogens is 9. The summed E-state index contributed by atoms with van der Waals surface area (Å²) < 4.78 is 106. The molecule has 0 rings (SSSR count). The molecule has 0 unspecified atom stereocenters. The Kier molecular flexibility index (Phi) is 4.25. The predicted octanol–water partition coefficient (Wildman–Crippen LogP) is 1.56. The van der Waals surface area contributed by atoms with Gasteiger partial charge in [0.25, 0.3) is 0 Å². The van der Waals surface area contributed by atoms with Crippen LogP contribution >= 0.6 is 0 Å². The summed E-state index contributed by atoms with van der Waals surface area (Å²) in [5, 5.41) is 0. The first-order valence-electron chi connectivity index (χ1n) is 3.73. The summed E-state index contributed by atoms with van der Waals surface area (Å²) in [6.45, 7) is 0. The van der Waals surface area contributed by atoms with Gasteiger partial charge in [0.2, 0.25) is 0 Å². The number of imide groups is 3.